The van der Waals surface area contributed by atoms with Crippen LogP contribution in [0, 0.1) is 0 Å². The molecule has 0 heterocycles. The van der Waals surface area contributed by atoms with Crippen LogP contribution in [0.3, 0.4) is 0 Å². The van der Waals surface area contributed by atoms with Crippen LogP contribution < -0.4 is 9.62 Å². The molecule has 0 aromatic heterocycles. The Kier molecular flexibility index (Phi) is 7.42. The highest BCUT2D eigenvalue weighted by atomic mass is 32.2. The fourth-order valence-electron chi connectivity index (χ4n) is 4.19. The Morgan fingerprint density at radius 3 is 2.19 bits per heavy atom. The van der Waals surface area contributed by atoms with Crippen molar-refractivity contribution in [1.82, 2.24) is 5.32 Å². The number of amides is 1. The van der Waals surface area contributed by atoms with Crippen molar-refractivity contribution in [2.45, 2.75) is 64.8 Å². The molecule has 31 heavy (non-hydrogen) atoms. The van der Waals surface area contributed by atoms with Crippen molar-refractivity contribution in [3.8, 4) is 0 Å². The Morgan fingerprint density at radius 2 is 1.61 bits per heavy atom. The van der Waals surface area contributed by atoms with E-state index in [1.54, 1.807) is 12.1 Å². The van der Waals surface area contributed by atoms with E-state index in [1.807, 2.05) is 19.1 Å². The zero-order valence-electron chi connectivity index (χ0n) is 19.0. The van der Waals surface area contributed by atoms with Gasteiger partial charge in [-0.15, -0.1) is 0 Å². The number of carbonyl (C=O) groups excluding carboxylic acids is 1. The minimum atomic E-state index is -3.59. The van der Waals surface area contributed by atoms with Crippen molar-refractivity contribution in [3.63, 3.8) is 0 Å². The van der Waals surface area contributed by atoms with Crippen molar-refractivity contribution < 1.29 is 13.2 Å². The van der Waals surface area contributed by atoms with Crippen LogP contribution >= 0.6 is 0 Å². The molecule has 0 spiro atoms. The van der Waals surface area contributed by atoms with Crippen molar-refractivity contribution in [2.24, 2.45) is 0 Å². The third-order valence-corrected chi connectivity index (χ3v) is 7.19. The smallest absolute Gasteiger partial charge is 0.241 e. The first-order valence-electron chi connectivity index (χ1n) is 11.2. The minimum absolute atomic E-state index is 0.135. The van der Waals surface area contributed by atoms with E-state index in [2.05, 4.69) is 37.4 Å². The van der Waals surface area contributed by atoms with Crippen LogP contribution in [0.15, 0.2) is 42.5 Å². The molecule has 5 nitrogen and oxygen atoms in total. The minimum Gasteiger partial charge on any atom is -0.348 e. The van der Waals surface area contributed by atoms with Gasteiger partial charge in [0.2, 0.25) is 15.9 Å². The van der Waals surface area contributed by atoms with Crippen LogP contribution in [0.25, 0.3) is 0 Å². The number of rotatable bonds is 8. The molecule has 0 fully saturated rings. The molecule has 168 valence electrons. The molecule has 1 N–H and O–H groups in total. The molecule has 1 aliphatic rings. The molecule has 0 unspecified atom stereocenters. The van der Waals surface area contributed by atoms with Gasteiger partial charge in [-0.05, 0) is 72.4 Å². The summed E-state index contributed by atoms with van der Waals surface area (Å²) in [6.07, 6.45) is 6.53. The van der Waals surface area contributed by atoms with Crippen LogP contribution in [0.1, 0.15) is 74.2 Å². The topological polar surface area (TPSA) is 66.5 Å². The number of fused-ring (bicyclic) bond motifs is 1. The van der Waals surface area contributed by atoms with E-state index in [9.17, 15) is 13.2 Å². The molecule has 0 radical (unpaired) electrons. The number of nitrogens with zero attached hydrogens (tertiary/aromatic N) is 1. The fourth-order valence-corrected chi connectivity index (χ4v) is 5.04. The summed E-state index contributed by atoms with van der Waals surface area (Å²) in [5.74, 6) is 0.0499. The second-order valence-electron chi connectivity index (χ2n) is 8.78. The van der Waals surface area contributed by atoms with Gasteiger partial charge >= 0.3 is 0 Å². The summed E-state index contributed by atoms with van der Waals surface area (Å²) in [6, 6.07) is 13.7. The molecule has 6 heteroatoms. The van der Waals surface area contributed by atoms with Gasteiger partial charge in [-0.1, -0.05) is 51.1 Å². The lowest BCUT2D eigenvalue weighted by Gasteiger charge is -2.25. The predicted molar refractivity (Wildman–Crippen MR) is 127 cm³/mol. The second-order valence-corrected chi connectivity index (χ2v) is 10.7. The maximum atomic E-state index is 12.9. The average molecular weight is 443 g/mol. The summed E-state index contributed by atoms with van der Waals surface area (Å²) in [6.45, 7) is 5.97. The van der Waals surface area contributed by atoms with E-state index < -0.39 is 10.0 Å². The molecule has 0 saturated heterocycles. The maximum absolute atomic E-state index is 12.9. The van der Waals surface area contributed by atoms with Crippen molar-refractivity contribution >= 4 is 21.6 Å². The summed E-state index contributed by atoms with van der Waals surface area (Å²) in [7, 11) is -3.59. The largest absolute Gasteiger partial charge is 0.348 e. The molecule has 2 aromatic carbocycles. The highest BCUT2D eigenvalue weighted by Gasteiger charge is 2.23. The highest BCUT2D eigenvalue weighted by molar-refractivity contribution is 7.92. The van der Waals surface area contributed by atoms with E-state index in [0.29, 0.717) is 11.6 Å². The number of sulfonamides is 1. The maximum Gasteiger partial charge on any atom is 0.241 e. The lowest BCUT2D eigenvalue weighted by molar-refractivity contribution is -0.120. The third-order valence-electron chi connectivity index (χ3n) is 6.05. The number of nitrogens with one attached hydrogen (secondary N) is 1. The normalized spacial score (nSPS) is 14.7. The summed E-state index contributed by atoms with van der Waals surface area (Å²) < 4.78 is 26.0. The lowest BCUT2D eigenvalue weighted by Crippen LogP contribution is -2.41. The number of anilines is 1. The first kappa shape index (κ1) is 23.3. The average Bonchev–Trinajstić information content (AvgIpc) is 2.74. The molecule has 3 rings (SSSR count). The summed E-state index contributed by atoms with van der Waals surface area (Å²) in [4.78, 5) is 12.9. The third kappa shape index (κ3) is 5.88. The summed E-state index contributed by atoms with van der Waals surface area (Å²) in [5, 5.41) is 3.05. The highest BCUT2D eigenvalue weighted by Crippen LogP contribution is 2.26. The standard InChI is InChI=1S/C25H34N2O3S/c1-5-24(22-11-10-20-8-6-7-9-21(20)16-22)26-25(28)17-27(31(4,29)30)23-14-12-19(13-15-23)18(2)3/h10-16,18,24H,5-9,17H2,1-4H3,(H,26,28)/t24-/m0/s1. The van der Waals surface area contributed by atoms with Crippen LogP contribution in [-0.2, 0) is 27.7 Å². The molecule has 0 saturated carbocycles. The Hall–Kier alpha value is -2.34. The molecule has 1 atom stereocenters. The van der Waals surface area contributed by atoms with Crippen molar-refractivity contribution in [1.29, 1.82) is 0 Å². The SMILES string of the molecule is CC[C@H](NC(=O)CN(c1ccc(C(C)C)cc1)S(C)(=O)=O)c1ccc2c(c1)CCCC2. The molecule has 2 aromatic rings. The monoisotopic (exact) mass is 442 g/mol. The first-order chi connectivity index (χ1) is 14.7. The summed E-state index contributed by atoms with van der Waals surface area (Å²) >= 11 is 0. The zero-order valence-corrected chi connectivity index (χ0v) is 19.8. The van der Waals surface area contributed by atoms with Gasteiger partial charge in [-0.25, -0.2) is 8.42 Å². The number of hydrogen-bond donors (Lipinski definition) is 1. The van der Waals surface area contributed by atoms with E-state index >= 15 is 0 Å². The Labute approximate surface area is 186 Å². The first-order valence-corrected chi connectivity index (χ1v) is 13.0. The second kappa shape index (κ2) is 9.86. The van der Waals surface area contributed by atoms with Gasteiger partial charge in [-0.2, -0.15) is 0 Å². The Morgan fingerprint density at radius 1 is 1.00 bits per heavy atom. The number of benzene rings is 2. The molecule has 1 amide bonds. The van der Waals surface area contributed by atoms with Gasteiger partial charge in [-0.3, -0.25) is 9.10 Å². The van der Waals surface area contributed by atoms with Crippen LogP contribution in [0.2, 0.25) is 0 Å². The molecule has 0 aliphatic heterocycles. The molecule has 0 bridgehead atoms. The van der Waals surface area contributed by atoms with E-state index in [4.69, 9.17) is 0 Å². The van der Waals surface area contributed by atoms with Crippen LogP contribution in [0.4, 0.5) is 5.69 Å². The molecule has 1 aliphatic carbocycles. The quantitative estimate of drug-likeness (QED) is 0.643. The van der Waals surface area contributed by atoms with E-state index in [0.717, 1.165) is 36.6 Å². The summed E-state index contributed by atoms with van der Waals surface area (Å²) in [5.41, 5.74) is 5.50. The van der Waals surface area contributed by atoms with Gasteiger partial charge in [0, 0.05) is 0 Å². The number of carbonyl (C=O) groups is 1. The number of aryl methyl sites for hydroxylation is 2. The van der Waals surface area contributed by atoms with Crippen LogP contribution in [-0.4, -0.2) is 27.1 Å². The fraction of sp³-hybridized carbons (Fsp3) is 0.480. The van der Waals surface area contributed by atoms with E-state index in [1.165, 1.54) is 28.3 Å². The van der Waals surface area contributed by atoms with Crippen molar-refractivity contribution in [3.05, 3.63) is 64.7 Å². The lowest BCUT2D eigenvalue weighted by atomic mass is 9.89. The molecular formula is C25H34N2O3S. The van der Waals surface area contributed by atoms with Gasteiger partial charge in [0.1, 0.15) is 6.54 Å². The van der Waals surface area contributed by atoms with Gasteiger partial charge in [0.15, 0.2) is 0 Å². The zero-order chi connectivity index (χ0) is 22.6. The Balaban J connectivity index is 1.75. The predicted octanol–water partition coefficient (Wildman–Crippen LogP) is 4.72. The van der Waals surface area contributed by atoms with Gasteiger partial charge in [0.05, 0.1) is 18.0 Å². The number of hydrogen-bond acceptors (Lipinski definition) is 3. The van der Waals surface area contributed by atoms with Crippen LogP contribution in [0.5, 0.6) is 0 Å². The van der Waals surface area contributed by atoms with Gasteiger partial charge in [0.25, 0.3) is 0 Å². The van der Waals surface area contributed by atoms with Gasteiger partial charge < -0.3 is 5.32 Å². The molecular weight excluding hydrogens is 408 g/mol. The van der Waals surface area contributed by atoms with E-state index in [-0.39, 0.29) is 18.5 Å². The van der Waals surface area contributed by atoms with Crippen molar-refractivity contribution in [2.75, 3.05) is 17.1 Å². The Bertz CT molecular complexity index is 1010.